The van der Waals surface area contributed by atoms with Gasteiger partial charge < -0.3 is 45.1 Å². The van der Waals surface area contributed by atoms with Gasteiger partial charge >= 0.3 is 11.9 Å². The molecule has 3 atom stereocenters. The Morgan fingerprint density at radius 1 is 0.841 bits per heavy atom. The number of phosphoric ester groups is 1. The van der Waals surface area contributed by atoms with Crippen LogP contribution in [0.3, 0.4) is 0 Å². The predicted octanol–water partition coefficient (Wildman–Crippen LogP) is 3.51. The van der Waals surface area contributed by atoms with Crippen molar-refractivity contribution in [3.8, 4) is 0 Å². The Kier molecular flexibility index (Phi) is 24.4. The van der Waals surface area contributed by atoms with Gasteiger partial charge in [0.25, 0.3) is 7.82 Å². The molecule has 260 valence electrons. The molecule has 0 aromatic carbocycles. The van der Waals surface area contributed by atoms with E-state index in [4.69, 9.17) is 35.7 Å². The van der Waals surface area contributed by atoms with Crippen molar-refractivity contribution >= 4 is 25.7 Å². The van der Waals surface area contributed by atoms with E-state index in [1.807, 2.05) is 21.1 Å². The van der Waals surface area contributed by atoms with E-state index in [1.165, 1.54) is 57.8 Å². The minimum atomic E-state index is -4.68. The van der Waals surface area contributed by atoms with Gasteiger partial charge in [-0.25, -0.2) is 0 Å². The Balaban J connectivity index is 4.54. The number of carbonyl (C=O) groups excluding carboxylic acids is 2. The van der Waals surface area contributed by atoms with Crippen LogP contribution >= 0.6 is 7.82 Å². The van der Waals surface area contributed by atoms with Crippen LogP contribution in [0.15, 0.2) is 4.99 Å². The number of nitrogens with two attached hydrogens (primary N) is 3. The molecule has 0 heterocycles. The summed E-state index contributed by atoms with van der Waals surface area (Å²) in [4.78, 5) is 40.9. The molecule has 0 aliphatic carbocycles. The van der Waals surface area contributed by atoms with Crippen molar-refractivity contribution in [1.29, 1.82) is 0 Å². The quantitative estimate of drug-likeness (QED) is 0.0267. The molecule has 3 unspecified atom stereocenters. The lowest BCUT2D eigenvalue weighted by molar-refractivity contribution is -0.870. The molecule has 0 bridgehead atoms. The van der Waals surface area contributed by atoms with Gasteiger partial charge in [-0.05, 0) is 19.3 Å². The van der Waals surface area contributed by atoms with Crippen LogP contribution in [-0.2, 0) is 32.7 Å². The van der Waals surface area contributed by atoms with Crippen molar-refractivity contribution < 1.29 is 42.1 Å². The lowest BCUT2D eigenvalue weighted by Gasteiger charge is -2.28. The average molecular weight is 652 g/mol. The van der Waals surface area contributed by atoms with Gasteiger partial charge in [0, 0.05) is 13.0 Å². The van der Waals surface area contributed by atoms with Crippen LogP contribution in [0, 0.1) is 0 Å². The topological polar surface area (TPSA) is 202 Å². The number of nitrogens with zero attached hydrogens (tertiary/aromatic N) is 2. The second-order valence-electron chi connectivity index (χ2n) is 12.4. The second-order valence-corrected chi connectivity index (χ2v) is 13.8. The van der Waals surface area contributed by atoms with Gasteiger partial charge in [-0.15, -0.1) is 0 Å². The van der Waals surface area contributed by atoms with E-state index in [0.717, 1.165) is 19.3 Å². The standard InChI is InChI=1S/C30H62N5O8P/c1-5-6-7-8-9-10-11-12-13-14-15-16-17-20-28(36)40-24-26(25-42-44(38,39)41-23-22-35(2,3)4)43-29(37)27(31)19-18-21-34-30(32)33/h26-27H,5-25,31H2,1-4H3,(H4-,32,33,34,38,39). The number of likely N-dealkylation sites (N-methyl/N-ethyl adjacent to an activating group) is 1. The summed E-state index contributed by atoms with van der Waals surface area (Å²) in [6.45, 7) is 1.92. The second kappa shape index (κ2) is 25.4. The molecule has 0 radical (unpaired) electrons. The zero-order valence-corrected chi connectivity index (χ0v) is 28.7. The average Bonchev–Trinajstić information content (AvgIpc) is 2.93. The molecule has 0 fully saturated rings. The van der Waals surface area contributed by atoms with Crippen LogP contribution in [0.4, 0.5) is 0 Å². The molecule has 0 rings (SSSR count). The smallest absolute Gasteiger partial charge is 0.323 e. The van der Waals surface area contributed by atoms with Gasteiger partial charge in [0.15, 0.2) is 12.1 Å². The maximum absolute atomic E-state index is 12.5. The van der Waals surface area contributed by atoms with E-state index in [9.17, 15) is 19.0 Å². The molecular formula is C30H62N5O8P. The summed E-state index contributed by atoms with van der Waals surface area (Å²) in [6.07, 6.45) is 15.3. The van der Waals surface area contributed by atoms with Crippen LogP contribution in [0.25, 0.3) is 0 Å². The molecule has 0 saturated carbocycles. The molecule has 14 heteroatoms. The minimum absolute atomic E-state index is 0.0651. The Morgan fingerprint density at radius 2 is 1.39 bits per heavy atom. The highest BCUT2D eigenvalue weighted by molar-refractivity contribution is 7.45. The van der Waals surface area contributed by atoms with Crippen molar-refractivity contribution in [2.45, 2.75) is 122 Å². The summed E-state index contributed by atoms with van der Waals surface area (Å²) in [5.41, 5.74) is 16.5. The Bertz CT molecular complexity index is 837. The number of ether oxygens (including phenoxy) is 2. The van der Waals surface area contributed by atoms with E-state index in [1.54, 1.807) is 0 Å². The van der Waals surface area contributed by atoms with Crippen LogP contribution < -0.4 is 22.1 Å². The number of quaternary nitrogens is 1. The van der Waals surface area contributed by atoms with Crippen molar-refractivity contribution in [1.82, 2.24) is 0 Å². The molecule has 0 aliphatic heterocycles. The van der Waals surface area contributed by atoms with Crippen LogP contribution in [0.2, 0.25) is 0 Å². The van der Waals surface area contributed by atoms with Crippen molar-refractivity contribution in [2.24, 2.45) is 22.2 Å². The highest BCUT2D eigenvalue weighted by Gasteiger charge is 2.24. The molecule has 0 saturated heterocycles. The number of hydrogen-bond donors (Lipinski definition) is 3. The largest absolute Gasteiger partial charge is 0.756 e. The van der Waals surface area contributed by atoms with Gasteiger partial charge in [-0.1, -0.05) is 84.0 Å². The summed E-state index contributed by atoms with van der Waals surface area (Å²) in [5.74, 6) is -1.31. The van der Waals surface area contributed by atoms with Crippen LogP contribution in [0.5, 0.6) is 0 Å². The Morgan fingerprint density at radius 3 is 1.91 bits per heavy atom. The van der Waals surface area contributed by atoms with Gasteiger partial charge in [0.2, 0.25) is 0 Å². The molecule has 0 aliphatic rings. The fourth-order valence-electron chi connectivity index (χ4n) is 4.19. The highest BCUT2D eigenvalue weighted by atomic mass is 31.2. The molecule has 13 nitrogen and oxygen atoms in total. The van der Waals surface area contributed by atoms with E-state index in [-0.39, 0.29) is 38.6 Å². The van der Waals surface area contributed by atoms with Crippen LogP contribution in [-0.4, -0.2) is 88.6 Å². The number of rotatable bonds is 29. The number of hydrogen-bond acceptors (Lipinski definition) is 10. The zero-order chi connectivity index (χ0) is 33.3. The normalized spacial score (nSPS) is 14.4. The first-order valence-electron chi connectivity index (χ1n) is 16.3. The predicted molar refractivity (Wildman–Crippen MR) is 171 cm³/mol. The van der Waals surface area contributed by atoms with Crippen molar-refractivity contribution in [3.05, 3.63) is 0 Å². The third-order valence-corrected chi connectivity index (χ3v) is 7.86. The summed E-state index contributed by atoms with van der Waals surface area (Å²) < 4.78 is 33.2. The fraction of sp³-hybridized carbons (Fsp3) is 0.900. The Hall–Kier alpha value is -1.76. The number of guanidine groups is 1. The molecule has 6 N–H and O–H groups in total. The number of unbranched alkanes of at least 4 members (excludes halogenated alkanes) is 12. The first-order valence-corrected chi connectivity index (χ1v) is 17.8. The Labute approximate surface area is 265 Å². The maximum atomic E-state index is 12.5. The van der Waals surface area contributed by atoms with Gasteiger partial charge in [-0.2, -0.15) is 0 Å². The summed E-state index contributed by atoms with van der Waals surface area (Å²) in [7, 11) is 0.990. The monoisotopic (exact) mass is 651 g/mol. The van der Waals surface area contributed by atoms with E-state index in [2.05, 4.69) is 11.9 Å². The summed E-state index contributed by atoms with van der Waals surface area (Å²) in [6, 6.07) is -1.01. The molecule has 0 aromatic rings. The number of phosphoric acid groups is 1. The van der Waals surface area contributed by atoms with E-state index < -0.39 is 38.5 Å². The van der Waals surface area contributed by atoms with Crippen molar-refractivity contribution in [3.63, 3.8) is 0 Å². The molecule has 0 amide bonds. The number of carbonyl (C=O) groups is 2. The first kappa shape index (κ1) is 42.2. The number of aliphatic imine (C=N–C) groups is 1. The number of esters is 2. The lowest BCUT2D eigenvalue weighted by atomic mass is 10.0. The lowest BCUT2D eigenvalue weighted by Crippen LogP contribution is -2.39. The summed E-state index contributed by atoms with van der Waals surface area (Å²) in [5, 5.41) is 0. The minimum Gasteiger partial charge on any atom is -0.756 e. The third kappa shape index (κ3) is 27.8. The maximum Gasteiger partial charge on any atom is 0.323 e. The summed E-state index contributed by atoms with van der Waals surface area (Å²) >= 11 is 0. The zero-order valence-electron chi connectivity index (χ0n) is 27.8. The van der Waals surface area contributed by atoms with Gasteiger partial charge in [-0.3, -0.25) is 19.1 Å². The van der Waals surface area contributed by atoms with Crippen LogP contribution in [0.1, 0.15) is 110 Å². The van der Waals surface area contributed by atoms with Gasteiger partial charge in [0.05, 0.1) is 27.7 Å². The first-order chi connectivity index (χ1) is 20.8. The van der Waals surface area contributed by atoms with Crippen molar-refractivity contribution in [2.75, 3.05) is 54.1 Å². The van der Waals surface area contributed by atoms with E-state index >= 15 is 0 Å². The third-order valence-electron chi connectivity index (χ3n) is 6.90. The highest BCUT2D eigenvalue weighted by Crippen LogP contribution is 2.38. The van der Waals surface area contributed by atoms with E-state index in [0.29, 0.717) is 23.9 Å². The molecular weight excluding hydrogens is 589 g/mol. The molecule has 0 aromatic heterocycles. The van der Waals surface area contributed by atoms with Gasteiger partial charge in [0.1, 0.15) is 25.8 Å². The fourth-order valence-corrected chi connectivity index (χ4v) is 4.92. The molecule has 0 spiro atoms. The molecule has 44 heavy (non-hydrogen) atoms. The SMILES string of the molecule is CCCCCCCCCCCCCCCC(=O)OCC(COP(=O)([O-])OCC[N+](C)(C)C)OC(=O)C(N)CCCN=C(N)N.